The molecule has 6 aromatic rings. The smallest absolute Gasteiger partial charge is 0.269 e. The van der Waals surface area contributed by atoms with Crippen molar-refractivity contribution in [1.29, 1.82) is 0 Å². The molecular formula is C35H34N6O3S. The van der Waals surface area contributed by atoms with Crippen LogP contribution in [0.2, 0.25) is 0 Å². The molecule has 0 unspecified atom stereocenters. The minimum atomic E-state index is -4.00. The standard InChI is InChI=1S/C35H34N6O3S/c1-2-40-24-32(34(38-40)27-12-14-28(36)15-13-27)30-16-17-37-35-31(30)22-33(41(35)45(42,43)29-6-4-3-5-7-29)26-10-8-25(9-11-26)23-39-18-20-44-21-19-39/h3-17,22,24H,2,18-21,23,36H2,1H3. The fourth-order valence-corrected chi connectivity index (χ4v) is 7.39. The summed E-state index contributed by atoms with van der Waals surface area (Å²) in [6.45, 7) is 6.80. The van der Waals surface area contributed by atoms with Gasteiger partial charge in [0.2, 0.25) is 0 Å². The third-order valence-electron chi connectivity index (χ3n) is 8.26. The Hall–Kier alpha value is -4.77. The van der Waals surface area contributed by atoms with Gasteiger partial charge in [-0.1, -0.05) is 54.6 Å². The number of hydrogen-bond acceptors (Lipinski definition) is 7. The van der Waals surface area contributed by atoms with E-state index in [4.69, 9.17) is 15.6 Å². The molecule has 3 aromatic heterocycles. The Balaban J connectivity index is 1.41. The zero-order valence-corrected chi connectivity index (χ0v) is 25.8. The van der Waals surface area contributed by atoms with Crippen molar-refractivity contribution in [1.82, 2.24) is 23.6 Å². The minimum absolute atomic E-state index is 0.196. The van der Waals surface area contributed by atoms with Crippen LogP contribution in [0.5, 0.6) is 0 Å². The number of ether oxygens (including phenoxy) is 1. The summed E-state index contributed by atoms with van der Waals surface area (Å²) in [7, 11) is -4.00. The predicted molar refractivity (Wildman–Crippen MR) is 177 cm³/mol. The van der Waals surface area contributed by atoms with Gasteiger partial charge in [-0.2, -0.15) is 5.10 Å². The first-order valence-corrected chi connectivity index (χ1v) is 16.5. The van der Waals surface area contributed by atoms with Crippen molar-refractivity contribution in [3.8, 4) is 33.6 Å². The fourth-order valence-electron chi connectivity index (χ4n) is 5.89. The van der Waals surface area contributed by atoms with Gasteiger partial charge in [0, 0.05) is 60.8 Å². The van der Waals surface area contributed by atoms with E-state index in [1.807, 2.05) is 66.3 Å². The van der Waals surface area contributed by atoms with E-state index in [-0.39, 0.29) is 4.90 Å². The molecule has 45 heavy (non-hydrogen) atoms. The van der Waals surface area contributed by atoms with Crippen LogP contribution in [-0.2, 0) is 27.8 Å². The molecule has 0 atom stereocenters. The third-order valence-corrected chi connectivity index (χ3v) is 9.98. The zero-order chi connectivity index (χ0) is 31.0. The van der Waals surface area contributed by atoms with E-state index in [1.54, 1.807) is 36.5 Å². The maximum atomic E-state index is 14.3. The Morgan fingerprint density at radius 1 is 0.867 bits per heavy atom. The number of morpholine rings is 1. The summed E-state index contributed by atoms with van der Waals surface area (Å²) in [5, 5.41) is 5.59. The number of hydrogen-bond donors (Lipinski definition) is 1. The molecule has 0 amide bonds. The van der Waals surface area contributed by atoms with Crippen LogP contribution in [0.15, 0.2) is 108 Å². The molecule has 1 aliphatic heterocycles. The van der Waals surface area contributed by atoms with Crippen LogP contribution in [0.4, 0.5) is 5.69 Å². The molecule has 4 heterocycles. The van der Waals surface area contributed by atoms with Crippen molar-refractivity contribution < 1.29 is 13.2 Å². The summed E-state index contributed by atoms with van der Waals surface area (Å²) in [6.07, 6.45) is 3.67. The molecule has 1 saturated heterocycles. The van der Waals surface area contributed by atoms with Crippen molar-refractivity contribution in [2.24, 2.45) is 0 Å². The largest absolute Gasteiger partial charge is 0.399 e. The second-order valence-corrected chi connectivity index (χ2v) is 12.9. The topological polar surface area (TPSA) is 108 Å². The zero-order valence-electron chi connectivity index (χ0n) is 25.0. The molecule has 10 heteroatoms. The first-order chi connectivity index (χ1) is 21.9. The van der Waals surface area contributed by atoms with E-state index in [2.05, 4.69) is 22.0 Å². The molecule has 3 aromatic carbocycles. The molecule has 9 nitrogen and oxygen atoms in total. The Labute approximate surface area is 262 Å². The number of rotatable bonds is 8. The van der Waals surface area contributed by atoms with Crippen LogP contribution < -0.4 is 5.73 Å². The first kappa shape index (κ1) is 29.0. The van der Waals surface area contributed by atoms with E-state index < -0.39 is 10.0 Å². The van der Waals surface area contributed by atoms with Crippen LogP contribution >= 0.6 is 0 Å². The van der Waals surface area contributed by atoms with Gasteiger partial charge < -0.3 is 10.5 Å². The number of benzene rings is 3. The number of aryl methyl sites for hydroxylation is 1. The molecule has 0 saturated carbocycles. The van der Waals surface area contributed by atoms with Crippen molar-refractivity contribution in [3.05, 3.63) is 109 Å². The lowest BCUT2D eigenvalue weighted by Gasteiger charge is -2.26. The van der Waals surface area contributed by atoms with Gasteiger partial charge in [0.15, 0.2) is 5.65 Å². The highest BCUT2D eigenvalue weighted by Crippen LogP contribution is 2.39. The molecule has 0 bridgehead atoms. The Kier molecular flexibility index (Phi) is 7.70. The van der Waals surface area contributed by atoms with Crippen LogP contribution in [0.3, 0.4) is 0 Å². The van der Waals surface area contributed by atoms with E-state index in [9.17, 15) is 8.42 Å². The molecule has 0 aliphatic carbocycles. The van der Waals surface area contributed by atoms with Crippen molar-refractivity contribution >= 4 is 26.7 Å². The number of aromatic nitrogens is 4. The second-order valence-electron chi connectivity index (χ2n) is 11.2. The molecule has 0 radical (unpaired) electrons. The Morgan fingerprint density at radius 2 is 1.58 bits per heavy atom. The first-order valence-electron chi connectivity index (χ1n) is 15.1. The van der Waals surface area contributed by atoms with Crippen LogP contribution in [0.1, 0.15) is 12.5 Å². The Bertz CT molecular complexity index is 2060. The van der Waals surface area contributed by atoms with Gasteiger partial charge in [-0.15, -0.1) is 0 Å². The fraction of sp³-hybridized carbons (Fsp3) is 0.200. The van der Waals surface area contributed by atoms with E-state index in [1.165, 1.54) is 3.97 Å². The average Bonchev–Trinajstić information content (AvgIpc) is 3.69. The van der Waals surface area contributed by atoms with Gasteiger partial charge in [-0.05, 0) is 60.0 Å². The van der Waals surface area contributed by atoms with Gasteiger partial charge in [0.1, 0.15) is 5.69 Å². The minimum Gasteiger partial charge on any atom is -0.399 e. The highest BCUT2D eigenvalue weighted by atomic mass is 32.2. The van der Waals surface area contributed by atoms with Crippen LogP contribution in [0.25, 0.3) is 44.7 Å². The van der Waals surface area contributed by atoms with Crippen molar-refractivity contribution in [2.45, 2.75) is 24.9 Å². The normalized spacial score (nSPS) is 14.2. The SMILES string of the molecule is CCn1cc(-c2ccnc3c2cc(-c2ccc(CN4CCOCC4)cc2)n3S(=O)(=O)c2ccccc2)c(-c2ccc(N)cc2)n1. The van der Waals surface area contributed by atoms with E-state index in [0.29, 0.717) is 23.6 Å². The number of nitrogens with zero attached hydrogens (tertiary/aromatic N) is 5. The maximum Gasteiger partial charge on any atom is 0.269 e. The summed E-state index contributed by atoms with van der Waals surface area (Å²) >= 11 is 0. The van der Waals surface area contributed by atoms with Crippen LogP contribution in [-0.4, -0.2) is 58.4 Å². The summed E-state index contributed by atoms with van der Waals surface area (Å²) in [4.78, 5) is 7.22. The maximum absolute atomic E-state index is 14.3. The highest BCUT2D eigenvalue weighted by molar-refractivity contribution is 7.90. The molecule has 0 spiro atoms. The van der Waals surface area contributed by atoms with Gasteiger partial charge >= 0.3 is 0 Å². The number of nitrogens with two attached hydrogens (primary N) is 1. The molecule has 1 fully saturated rings. The monoisotopic (exact) mass is 618 g/mol. The summed E-state index contributed by atoms with van der Waals surface area (Å²) < 4.78 is 37.4. The highest BCUT2D eigenvalue weighted by Gasteiger charge is 2.27. The number of anilines is 1. The lowest BCUT2D eigenvalue weighted by atomic mass is 10.00. The van der Waals surface area contributed by atoms with Gasteiger partial charge in [0.25, 0.3) is 10.0 Å². The van der Waals surface area contributed by atoms with Crippen molar-refractivity contribution in [2.75, 3.05) is 32.0 Å². The Morgan fingerprint density at radius 3 is 2.29 bits per heavy atom. The lowest BCUT2D eigenvalue weighted by Crippen LogP contribution is -2.35. The van der Waals surface area contributed by atoms with Gasteiger partial charge in [0.05, 0.1) is 23.8 Å². The summed E-state index contributed by atoms with van der Waals surface area (Å²) in [6, 6.07) is 28.1. The lowest BCUT2D eigenvalue weighted by molar-refractivity contribution is 0.0342. The molecular weight excluding hydrogens is 584 g/mol. The molecule has 1 aliphatic rings. The quantitative estimate of drug-likeness (QED) is 0.212. The van der Waals surface area contributed by atoms with E-state index in [0.717, 1.165) is 71.7 Å². The van der Waals surface area contributed by atoms with Gasteiger partial charge in [-0.25, -0.2) is 17.4 Å². The van der Waals surface area contributed by atoms with E-state index >= 15 is 0 Å². The molecule has 228 valence electrons. The summed E-state index contributed by atoms with van der Waals surface area (Å²) in [5.74, 6) is 0. The summed E-state index contributed by atoms with van der Waals surface area (Å²) in [5.41, 5.74) is 12.9. The number of nitrogen functional groups attached to an aromatic ring is 1. The second kappa shape index (κ2) is 12.0. The average molecular weight is 619 g/mol. The molecule has 7 rings (SSSR count). The molecule has 2 N–H and O–H groups in total. The number of pyridine rings is 1. The number of fused-ring (bicyclic) bond motifs is 1. The van der Waals surface area contributed by atoms with Crippen LogP contribution in [0, 0.1) is 0 Å². The predicted octanol–water partition coefficient (Wildman–Crippen LogP) is 5.91. The third kappa shape index (κ3) is 5.52. The van der Waals surface area contributed by atoms with Gasteiger partial charge in [-0.3, -0.25) is 9.58 Å². The van der Waals surface area contributed by atoms with Crippen molar-refractivity contribution in [3.63, 3.8) is 0 Å².